The van der Waals surface area contributed by atoms with Gasteiger partial charge >= 0.3 is 0 Å². The van der Waals surface area contributed by atoms with Crippen LogP contribution in [-0.2, 0) is 6.54 Å². The molecule has 1 aromatic carbocycles. The predicted octanol–water partition coefficient (Wildman–Crippen LogP) is 2.96. The standard InChI is InChI=1S/C16H26N2/c1-14-7-6-8-15(11-14)12-18(3)13-16(2)9-4-5-10-17-16/h6-8,11,17H,4-5,9-10,12-13H2,1-3H3. The van der Waals surface area contributed by atoms with Gasteiger partial charge in [-0.3, -0.25) is 0 Å². The lowest BCUT2D eigenvalue weighted by atomic mass is 9.90. The van der Waals surface area contributed by atoms with Crippen LogP contribution in [0.5, 0.6) is 0 Å². The Morgan fingerprint density at radius 3 is 2.83 bits per heavy atom. The first-order chi connectivity index (χ1) is 8.57. The van der Waals surface area contributed by atoms with Crippen molar-refractivity contribution in [2.75, 3.05) is 20.1 Å². The van der Waals surface area contributed by atoms with Gasteiger partial charge in [0, 0.05) is 18.6 Å². The molecule has 18 heavy (non-hydrogen) atoms. The van der Waals surface area contributed by atoms with Crippen LogP contribution in [0.25, 0.3) is 0 Å². The third-order valence-electron chi connectivity index (χ3n) is 3.86. The Morgan fingerprint density at radius 2 is 2.17 bits per heavy atom. The second kappa shape index (κ2) is 5.85. The first-order valence-electron chi connectivity index (χ1n) is 7.07. The maximum atomic E-state index is 3.68. The lowest BCUT2D eigenvalue weighted by Gasteiger charge is -2.38. The highest BCUT2D eigenvalue weighted by atomic mass is 15.1. The molecule has 1 fully saturated rings. The molecule has 2 heteroatoms. The highest BCUT2D eigenvalue weighted by Gasteiger charge is 2.27. The van der Waals surface area contributed by atoms with Gasteiger partial charge in [0.05, 0.1) is 0 Å². The van der Waals surface area contributed by atoms with E-state index in [0.717, 1.165) is 13.1 Å². The molecule has 1 aromatic rings. The molecular weight excluding hydrogens is 220 g/mol. The van der Waals surface area contributed by atoms with E-state index in [1.54, 1.807) is 0 Å². The molecule has 0 saturated carbocycles. The number of likely N-dealkylation sites (N-methyl/N-ethyl adjacent to an activating group) is 1. The van der Waals surface area contributed by atoms with Crippen molar-refractivity contribution >= 4 is 0 Å². The topological polar surface area (TPSA) is 15.3 Å². The zero-order valence-corrected chi connectivity index (χ0v) is 12.0. The Bertz CT molecular complexity index is 380. The van der Waals surface area contributed by atoms with Gasteiger partial charge in [-0.2, -0.15) is 0 Å². The van der Waals surface area contributed by atoms with Gasteiger partial charge in [0.1, 0.15) is 0 Å². The summed E-state index contributed by atoms with van der Waals surface area (Å²) in [5.74, 6) is 0. The minimum absolute atomic E-state index is 0.302. The van der Waals surface area contributed by atoms with Gasteiger partial charge in [-0.05, 0) is 45.8 Å². The normalized spacial score (nSPS) is 24.4. The Morgan fingerprint density at radius 1 is 1.33 bits per heavy atom. The number of nitrogens with zero attached hydrogens (tertiary/aromatic N) is 1. The number of aryl methyl sites for hydroxylation is 1. The van der Waals surface area contributed by atoms with Crippen molar-refractivity contribution < 1.29 is 0 Å². The summed E-state index contributed by atoms with van der Waals surface area (Å²) in [6.07, 6.45) is 3.99. The van der Waals surface area contributed by atoms with Crippen LogP contribution < -0.4 is 5.32 Å². The zero-order chi connectivity index (χ0) is 13.0. The highest BCUT2D eigenvalue weighted by molar-refractivity contribution is 5.22. The molecule has 0 aliphatic carbocycles. The van der Waals surface area contributed by atoms with Gasteiger partial charge in [-0.15, -0.1) is 0 Å². The second-order valence-corrected chi connectivity index (χ2v) is 6.11. The largest absolute Gasteiger partial charge is 0.310 e. The van der Waals surface area contributed by atoms with Crippen LogP contribution in [0.4, 0.5) is 0 Å². The van der Waals surface area contributed by atoms with Crippen LogP contribution in [0.2, 0.25) is 0 Å². The molecule has 0 bridgehead atoms. The van der Waals surface area contributed by atoms with Crippen molar-refractivity contribution in [2.24, 2.45) is 0 Å². The molecule has 1 N–H and O–H groups in total. The highest BCUT2D eigenvalue weighted by Crippen LogP contribution is 2.20. The van der Waals surface area contributed by atoms with E-state index in [9.17, 15) is 0 Å². The summed E-state index contributed by atoms with van der Waals surface area (Å²) in [6.45, 7) is 7.86. The number of rotatable bonds is 4. The van der Waals surface area contributed by atoms with E-state index in [1.807, 2.05) is 0 Å². The minimum atomic E-state index is 0.302. The van der Waals surface area contributed by atoms with E-state index in [2.05, 4.69) is 55.4 Å². The molecule has 2 rings (SSSR count). The molecule has 2 nitrogen and oxygen atoms in total. The third kappa shape index (κ3) is 3.82. The quantitative estimate of drug-likeness (QED) is 0.878. The van der Waals surface area contributed by atoms with Crippen molar-refractivity contribution in [3.05, 3.63) is 35.4 Å². The maximum absolute atomic E-state index is 3.68. The van der Waals surface area contributed by atoms with Crippen LogP contribution in [0.15, 0.2) is 24.3 Å². The van der Waals surface area contributed by atoms with Crippen molar-refractivity contribution in [3.63, 3.8) is 0 Å². The lowest BCUT2D eigenvalue weighted by molar-refractivity contribution is 0.183. The summed E-state index contributed by atoms with van der Waals surface area (Å²) in [4.78, 5) is 2.44. The van der Waals surface area contributed by atoms with Gasteiger partial charge in [0.15, 0.2) is 0 Å². The van der Waals surface area contributed by atoms with Crippen molar-refractivity contribution in [1.29, 1.82) is 0 Å². The number of nitrogens with one attached hydrogen (secondary N) is 1. The number of hydrogen-bond donors (Lipinski definition) is 1. The number of piperidine rings is 1. The zero-order valence-electron chi connectivity index (χ0n) is 12.0. The second-order valence-electron chi connectivity index (χ2n) is 6.11. The van der Waals surface area contributed by atoms with Gasteiger partial charge in [-0.1, -0.05) is 36.2 Å². The molecule has 0 spiro atoms. The van der Waals surface area contributed by atoms with Crippen LogP contribution in [0.3, 0.4) is 0 Å². The van der Waals surface area contributed by atoms with Gasteiger partial charge in [0.25, 0.3) is 0 Å². The van der Waals surface area contributed by atoms with Crippen molar-refractivity contribution in [3.8, 4) is 0 Å². The SMILES string of the molecule is Cc1cccc(CN(C)CC2(C)CCCCN2)c1. The molecule has 100 valence electrons. The Kier molecular flexibility index (Phi) is 4.41. The van der Waals surface area contributed by atoms with Crippen LogP contribution in [0, 0.1) is 6.92 Å². The number of hydrogen-bond acceptors (Lipinski definition) is 2. The average Bonchev–Trinajstić information content (AvgIpc) is 2.28. The smallest absolute Gasteiger partial charge is 0.0280 e. The van der Waals surface area contributed by atoms with E-state index in [-0.39, 0.29) is 0 Å². The molecule has 0 aromatic heterocycles. The molecule has 1 unspecified atom stereocenters. The van der Waals surface area contributed by atoms with Crippen LogP contribution in [-0.4, -0.2) is 30.6 Å². The van der Waals surface area contributed by atoms with E-state index >= 15 is 0 Å². The average molecular weight is 246 g/mol. The molecule has 0 radical (unpaired) electrons. The third-order valence-corrected chi connectivity index (χ3v) is 3.86. The first-order valence-corrected chi connectivity index (χ1v) is 7.07. The van der Waals surface area contributed by atoms with Crippen molar-refractivity contribution in [1.82, 2.24) is 10.2 Å². The van der Waals surface area contributed by atoms with Gasteiger partial charge < -0.3 is 10.2 Å². The molecule has 1 atom stereocenters. The number of benzene rings is 1. The minimum Gasteiger partial charge on any atom is -0.310 e. The van der Waals surface area contributed by atoms with Gasteiger partial charge in [-0.25, -0.2) is 0 Å². The van der Waals surface area contributed by atoms with E-state index < -0.39 is 0 Å². The summed E-state index contributed by atoms with van der Waals surface area (Å²) >= 11 is 0. The first kappa shape index (κ1) is 13.6. The fourth-order valence-electron chi connectivity index (χ4n) is 3.03. The van der Waals surface area contributed by atoms with E-state index in [4.69, 9.17) is 0 Å². The summed E-state index contributed by atoms with van der Waals surface area (Å²) in [5, 5.41) is 3.68. The molecular formula is C16H26N2. The van der Waals surface area contributed by atoms with Crippen LogP contribution in [0.1, 0.15) is 37.3 Å². The fourth-order valence-corrected chi connectivity index (χ4v) is 3.03. The Labute approximate surface area is 111 Å². The predicted molar refractivity (Wildman–Crippen MR) is 77.8 cm³/mol. The molecule has 1 aliphatic rings. The molecule has 1 aliphatic heterocycles. The fraction of sp³-hybridized carbons (Fsp3) is 0.625. The lowest BCUT2D eigenvalue weighted by Crippen LogP contribution is -2.52. The van der Waals surface area contributed by atoms with E-state index in [1.165, 1.54) is 36.9 Å². The summed E-state index contributed by atoms with van der Waals surface area (Å²) in [5.41, 5.74) is 3.07. The van der Waals surface area contributed by atoms with Gasteiger partial charge in [0.2, 0.25) is 0 Å². The molecule has 0 amide bonds. The Hall–Kier alpha value is -0.860. The van der Waals surface area contributed by atoms with Crippen LogP contribution >= 0.6 is 0 Å². The summed E-state index contributed by atoms with van der Waals surface area (Å²) in [7, 11) is 2.23. The molecule has 1 saturated heterocycles. The van der Waals surface area contributed by atoms with E-state index in [0.29, 0.717) is 5.54 Å². The Balaban J connectivity index is 1.90. The summed E-state index contributed by atoms with van der Waals surface area (Å²) in [6, 6.07) is 8.82. The monoisotopic (exact) mass is 246 g/mol. The summed E-state index contributed by atoms with van der Waals surface area (Å²) < 4.78 is 0. The van der Waals surface area contributed by atoms with Crippen molar-refractivity contribution in [2.45, 2.75) is 45.2 Å². The maximum Gasteiger partial charge on any atom is 0.0280 e. The molecule has 1 heterocycles.